The van der Waals surface area contributed by atoms with Gasteiger partial charge in [0.05, 0.1) is 23.2 Å². The molecule has 1 amide bonds. The summed E-state index contributed by atoms with van der Waals surface area (Å²) in [5.74, 6) is -0.107. The number of hydrogen-bond donors (Lipinski definition) is 2. The second-order valence-corrected chi connectivity index (χ2v) is 4.22. The van der Waals surface area contributed by atoms with E-state index in [0.717, 1.165) is 12.1 Å². The minimum absolute atomic E-state index is 0.107. The highest BCUT2D eigenvalue weighted by Crippen LogP contribution is 2.33. The monoisotopic (exact) mass is 269 g/mol. The fourth-order valence-corrected chi connectivity index (χ4v) is 1.92. The Morgan fingerprint density at radius 3 is 2.68 bits per heavy atom. The summed E-state index contributed by atoms with van der Waals surface area (Å²) < 4.78 is 37.8. The molecule has 1 heterocycles. The summed E-state index contributed by atoms with van der Waals surface area (Å²) in [5.41, 5.74) is -0.998. The Hall–Kier alpha value is -2.23. The highest BCUT2D eigenvalue weighted by molar-refractivity contribution is 5.79. The number of alkyl halides is 3. The minimum atomic E-state index is -4.55. The number of nitrogens with one attached hydrogen (secondary N) is 2. The maximum atomic E-state index is 12.6. The largest absolute Gasteiger partial charge is 0.417 e. The highest BCUT2D eigenvalue weighted by Gasteiger charge is 2.33. The van der Waals surface area contributed by atoms with Crippen LogP contribution < -0.4 is 10.6 Å². The van der Waals surface area contributed by atoms with Crippen LogP contribution in [0.5, 0.6) is 0 Å². The Labute approximate surface area is 107 Å². The van der Waals surface area contributed by atoms with E-state index in [-0.39, 0.29) is 18.4 Å². The fourth-order valence-electron chi connectivity index (χ4n) is 1.92. The van der Waals surface area contributed by atoms with Crippen molar-refractivity contribution in [2.75, 3.05) is 11.9 Å². The van der Waals surface area contributed by atoms with E-state index < -0.39 is 17.3 Å². The van der Waals surface area contributed by atoms with Gasteiger partial charge >= 0.3 is 6.18 Å². The van der Waals surface area contributed by atoms with Gasteiger partial charge in [0.2, 0.25) is 5.91 Å². The van der Waals surface area contributed by atoms with Gasteiger partial charge in [0, 0.05) is 18.7 Å². The van der Waals surface area contributed by atoms with E-state index in [4.69, 9.17) is 5.26 Å². The van der Waals surface area contributed by atoms with Crippen molar-refractivity contribution >= 4 is 11.6 Å². The molecule has 1 atom stereocenters. The zero-order valence-electron chi connectivity index (χ0n) is 9.71. The summed E-state index contributed by atoms with van der Waals surface area (Å²) in [6, 6.07) is 4.63. The fraction of sp³-hybridized carbons (Fsp3) is 0.333. The molecule has 0 radical (unpaired) electrons. The molecule has 1 aromatic carbocycles. The van der Waals surface area contributed by atoms with Crippen molar-refractivity contribution in [3.8, 4) is 6.07 Å². The standard InChI is InChI=1S/C12H10F3N3O/c13-12(14,15)10-2-1-8(3-7(10)5-16)18-9-4-11(19)17-6-9/h1-3,9,18H,4,6H2,(H,17,19). The number of anilines is 1. The first-order valence-corrected chi connectivity index (χ1v) is 5.54. The van der Waals surface area contributed by atoms with E-state index in [1.165, 1.54) is 12.1 Å². The number of nitrogens with zero attached hydrogens (tertiary/aromatic N) is 1. The Balaban J connectivity index is 2.20. The molecule has 100 valence electrons. The predicted molar refractivity (Wildman–Crippen MR) is 61.2 cm³/mol. The summed E-state index contributed by atoms with van der Waals surface area (Å²) >= 11 is 0. The van der Waals surface area contributed by atoms with Gasteiger partial charge in [-0.3, -0.25) is 4.79 Å². The van der Waals surface area contributed by atoms with Crippen LogP contribution in [-0.4, -0.2) is 18.5 Å². The maximum Gasteiger partial charge on any atom is 0.417 e. The number of carbonyl (C=O) groups is 1. The van der Waals surface area contributed by atoms with Crippen LogP contribution in [-0.2, 0) is 11.0 Å². The normalized spacial score (nSPS) is 18.8. The van der Waals surface area contributed by atoms with E-state index in [1.807, 2.05) is 0 Å². The molecular formula is C12H10F3N3O. The minimum Gasteiger partial charge on any atom is -0.380 e. The molecule has 1 saturated heterocycles. The average molecular weight is 269 g/mol. The highest BCUT2D eigenvalue weighted by atomic mass is 19.4. The van der Waals surface area contributed by atoms with Gasteiger partial charge in [-0.25, -0.2) is 0 Å². The summed E-state index contributed by atoms with van der Waals surface area (Å²) in [5, 5.41) is 14.3. The van der Waals surface area contributed by atoms with Gasteiger partial charge in [0.15, 0.2) is 0 Å². The topological polar surface area (TPSA) is 64.9 Å². The molecule has 1 aliphatic heterocycles. The molecular weight excluding hydrogens is 259 g/mol. The molecule has 7 heteroatoms. The van der Waals surface area contributed by atoms with Crippen molar-refractivity contribution in [2.24, 2.45) is 0 Å². The van der Waals surface area contributed by atoms with Crippen LogP contribution in [0.1, 0.15) is 17.5 Å². The Morgan fingerprint density at radius 2 is 2.16 bits per heavy atom. The van der Waals surface area contributed by atoms with Crippen molar-refractivity contribution in [3.63, 3.8) is 0 Å². The van der Waals surface area contributed by atoms with Crippen LogP contribution in [0.15, 0.2) is 18.2 Å². The van der Waals surface area contributed by atoms with Crippen LogP contribution in [0, 0.1) is 11.3 Å². The van der Waals surface area contributed by atoms with E-state index in [9.17, 15) is 18.0 Å². The number of benzene rings is 1. The summed E-state index contributed by atoms with van der Waals surface area (Å²) in [7, 11) is 0. The summed E-state index contributed by atoms with van der Waals surface area (Å²) in [6.45, 7) is 0.418. The van der Waals surface area contributed by atoms with Crippen molar-refractivity contribution < 1.29 is 18.0 Å². The lowest BCUT2D eigenvalue weighted by molar-refractivity contribution is -0.137. The lowest BCUT2D eigenvalue weighted by atomic mass is 10.1. The smallest absolute Gasteiger partial charge is 0.380 e. The third-order valence-corrected chi connectivity index (χ3v) is 2.79. The molecule has 2 N–H and O–H groups in total. The number of nitriles is 1. The third-order valence-electron chi connectivity index (χ3n) is 2.79. The first-order chi connectivity index (χ1) is 8.90. The zero-order chi connectivity index (χ0) is 14.0. The third kappa shape index (κ3) is 2.96. The van der Waals surface area contributed by atoms with Gasteiger partial charge in [-0.05, 0) is 18.2 Å². The van der Waals surface area contributed by atoms with Gasteiger partial charge < -0.3 is 10.6 Å². The second kappa shape index (κ2) is 4.80. The van der Waals surface area contributed by atoms with Crippen LogP contribution in [0.25, 0.3) is 0 Å². The number of carbonyl (C=O) groups excluding carboxylic acids is 1. The number of amides is 1. The van der Waals surface area contributed by atoms with E-state index in [2.05, 4.69) is 10.6 Å². The molecule has 1 aliphatic rings. The number of halogens is 3. The SMILES string of the molecule is N#Cc1cc(NC2CNC(=O)C2)ccc1C(F)(F)F. The van der Waals surface area contributed by atoms with Crippen molar-refractivity contribution in [2.45, 2.75) is 18.6 Å². The molecule has 0 aromatic heterocycles. The van der Waals surface area contributed by atoms with E-state index >= 15 is 0 Å². The predicted octanol–water partition coefficient (Wildman–Crippen LogP) is 1.88. The molecule has 0 spiro atoms. The van der Waals surface area contributed by atoms with Gasteiger partial charge in [-0.1, -0.05) is 0 Å². The maximum absolute atomic E-state index is 12.6. The zero-order valence-corrected chi connectivity index (χ0v) is 9.71. The molecule has 1 fully saturated rings. The van der Waals surface area contributed by atoms with Crippen molar-refractivity contribution in [3.05, 3.63) is 29.3 Å². The molecule has 0 saturated carbocycles. The summed E-state index contributed by atoms with van der Waals surface area (Å²) in [6.07, 6.45) is -4.28. The van der Waals surface area contributed by atoms with Crippen molar-refractivity contribution in [1.29, 1.82) is 5.26 Å². The lowest BCUT2D eigenvalue weighted by Crippen LogP contribution is -2.22. The second-order valence-electron chi connectivity index (χ2n) is 4.22. The Kier molecular flexibility index (Phi) is 3.34. The van der Waals surface area contributed by atoms with Crippen LogP contribution in [0.4, 0.5) is 18.9 Å². The molecule has 1 unspecified atom stereocenters. The quantitative estimate of drug-likeness (QED) is 0.861. The van der Waals surface area contributed by atoms with Crippen LogP contribution in [0.2, 0.25) is 0 Å². The van der Waals surface area contributed by atoms with Gasteiger partial charge in [0.25, 0.3) is 0 Å². The van der Waals surface area contributed by atoms with E-state index in [1.54, 1.807) is 0 Å². The van der Waals surface area contributed by atoms with Crippen LogP contribution >= 0.6 is 0 Å². The molecule has 4 nitrogen and oxygen atoms in total. The number of rotatable bonds is 2. The summed E-state index contributed by atoms with van der Waals surface area (Å²) in [4.78, 5) is 11.0. The molecule has 2 rings (SSSR count). The van der Waals surface area contributed by atoms with Gasteiger partial charge in [-0.15, -0.1) is 0 Å². The number of hydrogen-bond acceptors (Lipinski definition) is 3. The van der Waals surface area contributed by atoms with Gasteiger partial charge in [0.1, 0.15) is 0 Å². The molecule has 0 bridgehead atoms. The van der Waals surface area contributed by atoms with E-state index in [0.29, 0.717) is 12.2 Å². The molecule has 0 aliphatic carbocycles. The average Bonchev–Trinajstić information content (AvgIpc) is 2.73. The lowest BCUT2D eigenvalue weighted by Gasteiger charge is -2.14. The van der Waals surface area contributed by atoms with Gasteiger partial charge in [-0.2, -0.15) is 18.4 Å². The molecule has 19 heavy (non-hydrogen) atoms. The molecule has 1 aromatic rings. The first kappa shape index (κ1) is 13.2. The Bertz CT molecular complexity index is 548. The first-order valence-electron chi connectivity index (χ1n) is 5.54. The van der Waals surface area contributed by atoms with Crippen molar-refractivity contribution in [1.82, 2.24) is 5.32 Å². The Morgan fingerprint density at radius 1 is 1.42 bits per heavy atom. The van der Waals surface area contributed by atoms with Crippen LogP contribution in [0.3, 0.4) is 0 Å².